The predicted molar refractivity (Wildman–Crippen MR) is 81.2 cm³/mol. The number of hydrogen-bond acceptors (Lipinski definition) is 6. The fourth-order valence-electron chi connectivity index (χ4n) is 2.42. The molecule has 4 rings (SSSR count). The van der Waals surface area contributed by atoms with Crippen molar-refractivity contribution >= 4 is 16.3 Å². The zero-order valence-corrected chi connectivity index (χ0v) is 12.8. The highest BCUT2D eigenvalue weighted by Gasteiger charge is 2.20. The molecule has 0 atom stereocenters. The van der Waals surface area contributed by atoms with Crippen molar-refractivity contribution < 1.29 is 9.47 Å². The topological polar surface area (TPSA) is 72.4 Å². The standard InChI is InChI=1S/C15H12N4O2S/c1-8(2)13-10(6-16)19-15(17-13)22-14(18-19)9-3-4-11-12(5-9)21-7-20-11/h3-5,8H,7H2,1-2H3. The number of aromatic nitrogens is 3. The highest BCUT2D eigenvalue weighted by molar-refractivity contribution is 7.19. The first-order valence-electron chi connectivity index (χ1n) is 6.87. The summed E-state index contributed by atoms with van der Waals surface area (Å²) in [5.41, 5.74) is 2.22. The van der Waals surface area contributed by atoms with Gasteiger partial charge in [0, 0.05) is 5.56 Å². The monoisotopic (exact) mass is 312 g/mol. The van der Waals surface area contributed by atoms with Crippen molar-refractivity contribution in [1.82, 2.24) is 14.6 Å². The molecule has 0 fully saturated rings. The summed E-state index contributed by atoms with van der Waals surface area (Å²) in [5.74, 6) is 1.65. The molecule has 0 amide bonds. The molecule has 0 bridgehead atoms. The molecule has 2 aromatic heterocycles. The van der Waals surface area contributed by atoms with Crippen molar-refractivity contribution in [3.8, 4) is 28.1 Å². The van der Waals surface area contributed by atoms with Crippen molar-refractivity contribution in [2.45, 2.75) is 19.8 Å². The lowest BCUT2D eigenvalue weighted by atomic mass is 10.1. The van der Waals surface area contributed by atoms with E-state index in [4.69, 9.17) is 9.47 Å². The SMILES string of the molecule is CC(C)c1nc2sc(-c3ccc4c(c3)OCO4)nn2c1C#N. The van der Waals surface area contributed by atoms with Crippen LogP contribution in [0.4, 0.5) is 0 Å². The second-order valence-electron chi connectivity index (χ2n) is 5.28. The molecule has 0 unspecified atom stereocenters. The van der Waals surface area contributed by atoms with E-state index in [9.17, 15) is 5.26 Å². The van der Waals surface area contributed by atoms with Crippen molar-refractivity contribution in [3.63, 3.8) is 0 Å². The van der Waals surface area contributed by atoms with Gasteiger partial charge in [-0.25, -0.2) is 4.98 Å². The van der Waals surface area contributed by atoms with Crippen LogP contribution in [-0.2, 0) is 0 Å². The lowest BCUT2D eigenvalue weighted by molar-refractivity contribution is 0.174. The zero-order chi connectivity index (χ0) is 15.3. The van der Waals surface area contributed by atoms with Gasteiger partial charge in [0.25, 0.3) is 0 Å². The molecule has 0 N–H and O–H groups in total. The van der Waals surface area contributed by atoms with Gasteiger partial charge >= 0.3 is 0 Å². The van der Waals surface area contributed by atoms with E-state index >= 15 is 0 Å². The van der Waals surface area contributed by atoms with Gasteiger partial charge in [0.2, 0.25) is 11.8 Å². The molecule has 6 nitrogen and oxygen atoms in total. The Bertz CT molecular complexity index is 920. The molecule has 0 saturated heterocycles. The molecule has 1 aliphatic rings. The van der Waals surface area contributed by atoms with Crippen molar-refractivity contribution in [1.29, 1.82) is 5.26 Å². The molecular formula is C15H12N4O2S. The van der Waals surface area contributed by atoms with E-state index in [-0.39, 0.29) is 12.7 Å². The first kappa shape index (κ1) is 13.1. The Labute approximate surface area is 130 Å². The summed E-state index contributed by atoms with van der Waals surface area (Å²) < 4.78 is 12.3. The highest BCUT2D eigenvalue weighted by atomic mass is 32.1. The summed E-state index contributed by atoms with van der Waals surface area (Å²) in [5, 5.41) is 14.7. The summed E-state index contributed by atoms with van der Waals surface area (Å²) in [4.78, 5) is 5.27. The summed E-state index contributed by atoms with van der Waals surface area (Å²) in [7, 11) is 0. The molecule has 0 spiro atoms. The third-order valence-corrected chi connectivity index (χ3v) is 4.46. The quantitative estimate of drug-likeness (QED) is 0.726. The minimum atomic E-state index is 0.192. The van der Waals surface area contributed by atoms with E-state index < -0.39 is 0 Å². The Morgan fingerprint density at radius 3 is 2.91 bits per heavy atom. The minimum absolute atomic E-state index is 0.192. The van der Waals surface area contributed by atoms with Gasteiger partial charge in [0.05, 0.1) is 5.69 Å². The van der Waals surface area contributed by atoms with Crippen LogP contribution in [0.2, 0.25) is 0 Å². The lowest BCUT2D eigenvalue weighted by Crippen LogP contribution is -1.95. The van der Waals surface area contributed by atoms with E-state index in [1.165, 1.54) is 11.3 Å². The van der Waals surface area contributed by atoms with Crippen LogP contribution in [0, 0.1) is 11.3 Å². The second kappa shape index (κ2) is 4.71. The largest absolute Gasteiger partial charge is 0.454 e. The second-order valence-corrected chi connectivity index (χ2v) is 6.24. The molecule has 1 aromatic carbocycles. The molecule has 0 saturated carbocycles. The molecule has 3 heterocycles. The average Bonchev–Trinajstić information content (AvgIpc) is 3.19. The van der Waals surface area contributed by atoms with E-state index in [0.29, 0.717) is 11.4 Å². The maximum atomic E-state index is 9.38. The number of imidazole rings is 1. The van der Waals surface area contributed by atoms with Gasteiger partial charge in [0.1, 0.15) is 11.1 Å². The van der Waals surface area contributed by atoms with E-state index in [1.54, 1.807) is 4.52 Å². The van der Waals surface area contributed by atoms with Crippen LogP contribution in [0.3, 0.4) is 0 Å². The number of nitrogens with zero attached hydrogens (tertiary/aromatic N) is 4. The zero-order valence-electron chi connectivity index (χ0n) is 12.0. The van der Waals surface area contributed by atoms with Gasteiger partial charge in [-0.1, -0.05) is 25.2 Å². The van der Waals surface area contributed by atoms with E-state index in [2.05, 4.69) is 16.2 Å². The highest BCUT2D eigenvalue weighted by Crippen LogP contribution is 2.37. The van der Waals surface area contributed by atoms with Crippen LogP contribution >= 0.6 is 11.3 Å². The fourth-order valence-corrected chi connectivity index (χ4v) is 3.32. The Balaban J connectivity index is 1.84. The van der Waals surface area contributed by atoms with Gasteiger partial charge in [-0.15, -0.1) is 0 Å². The Morgan fingerprint density at radius 2 is 2.14 bits per heavy atom. The van der Waals surface area contributed by atoms with E-state index in [1.807, 2.05) is 32.0 Å². The Hall–Kier alpha value is -2.59. The maximum absolute atomic E-state index is 9.38. The van der Waals surface area contributed by atoms with Crippen LogP contribution in [0.1, 0.15) is 31.2 Å². The number of benzene rings is 1. The summed E-state index contributed by atoms with van der Waals surface area (Å²) in [6, 6.07) is 7.90. The molecule has 7 heteroatoms. The van der Waals surface area contributed by atoms with Crippen LogP contribution in [0.15, 0.2) is 18.2 Å². The summed E-state index contributed by atoms with van der Waals surface area (Å²) >= 11 is 1.46. The van der Waals surface area contributed by atoms with Crippen LogP contribution in [-0.4, -0.2) is 21.4 Å². The summed E-state index contributed by atoms with van der Waals surface area (Å²) in [6.07, 6.45) is 0. The summed E-state index contributed by atoms with van der Waals surface area (Å²) in [6.45, 7) is 4.29. The fraction of sp³-hybridized carbons (Fsp3) is 0.267. The van der Waals surface area contributed by atoms with Gasteiger partial charge in [-0.05, 0) is 24.1 Å². The Morgan fingerprint density at radius 1 is 1.32 bits per heavy atom. The van der Waals surface area contributed by atoms with Crippen molar-refractivity contribution in [3.05, 3.63) is 29.6 Å². The van der Waals surface area contributed by atoms with Gasteiger partial charge in [-0.2, -0.15) is 14.9 Å². The number of rotatable bonds is 2. The van der Waals surface area contributed by atoms with Crippen LogP contribution in [0.25, 0.3) is 15.5 Å². The first-order chi connectivity index (χ1) is 10.7. The maximum Gasteiger partial charge on any atom is 0.231 e. The molecule has 0 radical (unpaired) electrons. The third kappa shape index (κ3) is 1.84. The third-order valence-electron chi connectivity index (χ3n) is 3.50. The molecular weight excluding hydrogens is 300 g/mol. The lowest BCUT2D eigenvalue weighted by Gasteiger charge is -2.00. The molecule has 3 aromatic rings. The number of hydrogen-bond donors (Lipinski definition) is 0. The van der Waals surface area contributed by atoms with Crippen LogP contribution < -0.4 is 9.47 Å². The smallest absolute Gasteiger partial charge is 0.231 e. The predicted octanol–water partition coefficient (Wildman–Crippen LogP) is 3.18. The first-order valence-corrected chi connectivity index (χ1v) is 7.68. The Kier molecular flexibility index (Phi) is 2.81. The van der Waals surface area contributed by atoms with Crippen molar-refractivity contribution in [2.75, 3.05) is 6.79 Å². The molecule has 0 aliphatic carbocycles. The van der Waals surface area contributed by atoms with Crippen molar-refractivity contribution in [2.24, 2.45) is 0 Å². The minimum Gasteiger partial charge on any atom is -0.454 e. The average molecular weight is 312 g/mol. The molecule has 1 aliphatic heterocycles. The molecule has 110 valence electrons. The van der Waals surface area contributed by atoms with Gasteiger partial charge < -0.3 is 9.47 Å². The molecule has 22 heavy (non-hydrogen) atoms. The number of nitriles is 1. The van der Waals surface area contributed by atoms with E-state index in [0.717, 1.165) is 27.0 Å². The number of ether oxygens (including phenoxy) is 2. The van der Waals surface area contributed by atoms with Gasteiger partial charge in [-0.3, -0.25) is 0 Å². The van der Waals surface area contributed by atoms with Gasteiger partial charge in [0.15, 0.2) is 17.2 Å². The normalized spacial score (nSPS) is 13.0. The van der Waals surface area contributed by atoms with Crippen LogP contribution in [0.5, 0.6) is 11.5 Å². The number of fused-ring (bicyclic) bond motifs is 2.